The van der Waals surface area contributed by atoms with E-state index >= 15 is 0 Å². The van der Waals surface area contributed by atoms with Gasteiger partial charge >= 0.3 is 0 Å². The Hall–Kier alpha value is -1.44. The van der Waals surface area contributed by atoms with E-state index in [-0.39, 0.29) is 11.9 Å². The van der Waals surface area contributed by atoms with Crippen LogP contribution in [0.4, 0.5) is 0 Å². The van der Waals surface area contributed by atoms with Crippen LogP contribution in [0.5, 0.6) is 0 Å². The summed E-state index contributed by atoms with van der Waals surface area (Å²) in [5, 5.41) is 7.49. The van der Waals surface area contributed by atoms with Gasteiger partial charge in [0.1, 0.15) is 11.9 Å². The van der Waals surface area contributed by atoms with E-state index in [4.69, 9.17) is 11.1 Å². The lowest BCUT2D eigenvalue weighted by Gasteiger charge is -2.18. The molecule has 0 aliphatic heterocycles. The maximum absolute atomic E-state index is 11.8. The van der Waals surface area contributed by atoms with Crippen molar-refractivity contribution in [3.63, 3.8) is 0 Å². The highest BCUT2D eigenvalue weighted by atomic mass is 32.2. The maximum Gasteiger partial charge on any atom is 0.278 e. The molecule has 0 radical (unpaired) electrons. The average molecular weight is 268 g/mol. The normalized spacial score (nSPS) is 17.3. The first-order valence-corrected chi connectivity index (χ1v) is 7.15. The van der Waals surface area contributed by atoms with Crippen molar-refractivity contribution in [1.82, 2.24) is 9.44 Å². The van der Waals surface area contributed by atoms with Gasteiger partial charge in [-0.25, -0.2) is 0 Å². The summed E-state index contributed by atoms with van der Waals surface area (Å²) < 4.78 is 28.5. The lowest BCUT2D eigenvalue weighted by atomic mass is 10.1. The molecule has 1 aliphatic rings. The highest BCUT2D eigenvalue weighted by Gasteiger charge is 2.29. The smallest absolute Gasteiger partial charge is 0.278 e. The summed E-state index contributed by atoms with van der Waals surface area (Å²) in [5.74, 6) is -0.234. The number of nitrogens with one attached hydrogen (secondary N) is 3. The Balaban J connectivity index is 2.14. The Labute approximate surface area is 106 Å². The van der Waals surface area contributed by atoms with Crippen molar-refractivity contribution in [1.29, 1.82) is 5.41 Å². The largest absolute Gasteiger partial charge is 0.386 e. The molecule has 6 nitrogen and oxygen atoms in total. The van der Waals surface area contributed by atoms with Crippen molar-refractivity contribution >= 4 is 16.0 Å². The van der Waals surface area contributed by atoms with Gasteiger partial charge in [-0.2, -0.15) is 17.9 Å². The van der Waals surface area contributed by atoms with Gasteiger partial charge in [0.15, 0.2) is 0 Å². The van der Waals surface area contributed by atoms with Crippen LogP contribution < -0.4 is 15.2 Å². The Bertz CT molecular complexity index is 525. The molecule has 0 bridgehead atoms. The highest BCUT2D eigenvalue weighted by Crippen LogP contribution is 2.20. The van der Waals surface area contributed by atoms with Crippen LogP contribution in [0.15, 0.2) is 30.3 Å². The van der Waals surface area contributed by atoms with Crippen molar-refractivity contribution in [3.8, 4) is 0 Å². The third-order valence-electron chi connectivity index (χ3n) is 2.62. The van der Waals surface area contributed by atoms with Crippen molar-refractivity contribution < 1.29 is 8.42 Å². The molecule has 1 fully saturated rings. The molecule has 1 atom stereocenters. The highest BCUT2D eigenvalue weighted by molar-refractivity contribution is 7.87. The lowest BCUT2D eigenvalue weighted by Crippen LogP contribution is -2.44. The fourth-order valence-electron chi connectivity index (χ4n) is 1.57. The molecule has 98 valence electrons. The van der Waals surface area contributed by atoms with Crippen LogP contribution in [0.2, 0.25) is 0 Å². The number of hydrogen-bond acceptors (Lipinski definition) is 3. The number of hydrogen-bond donors (Lipinski definition) is 4. The average Bonchev–Trinajstić information content (AvgIpc) is 3.10. The molecule has 0 saturated heterocycles. The van der Waals surface area contributed by atoms with E-state index in [0.29, 0.717) is 5.56 Å². The van der Waals surface area contributed by atoms with Crippen molar-refractivity contribution in [2.75, 3.05) is 0 Å². The van der Waals surface area contributed by atoms with Gasteiger partial charge in [0.25, 0.3) is 10.2 Å². The molecule has 1 aliphatic carbocycles. The Morgan fingerprint density at radius 2 is 1.94 bits per heavy atom. The van der Waals surface area contributed by atoms with E-state index in [2.05, 4.69) is 9.44 Å². The molecule has 1 unspecified atom stereocenters. The van der Waals surface area contributed by atoms with E-state index in [1.165, 1.54) is 0 Å². The van der Waals surface area contributed by atoms with E-state index in [9.17, 15) is 8.42 Å². The van der Waals surface area contributed by atoms with Gasteiger partial charge in [0.05, 0.1) is 0 Å². The molecule has 1 saturated carbocycles. The van der Waals surface area contributed by atoms with Crippen molar-refractivity contribution in [2.24, 2.45) is 5.73 Å². The van der Waals surface area contributed by atoms with Gasteiger partial charge in [0.2, 0.25) is 0 Å². The minimum Gasteiger partial charge on any atom is -0.386 e. The van der Waals surface area contributed by atoms with Crippen LogP contribution in [-0.4, -0.2) is 20.3 Å². The Morgan fingerprint density at radius 3 is 2.44 bits per heavy atom. The Kier molecular flexibility index (Phi) is 3.65. The zero-order valence-electron chi connectivity index (χ0n) is 9.76. The molecule has 2 rings (SSSR count). The van der Waals surface area contributed by atoms with E-state index in [0.717, 1.165) is 12.8 Å². The van der Waals surface area contributed by atoms with E-state index in [1.807, 2.05) is 6.07 Å². The molecule has 0 heterocycles. The molecule has 18 heavy (non-hydrogen) atoms. The second-order valence-corrected chi connectivity index (χ2v) is 5.79. The summed E-state index contributed by atoms with van der Waals surface area (Å²) in [6, 6.07) is 8.00. The molecule has 0 amide bonds. The van der Waals surface area contributed by atoms with Gasteiger partial charge in [-0.15, -0.1) is 0 Å². The quantitative estimate of drug-likeness (QED) is 0.438. The molecule has 0 aromatic heterocycles. The van der Waals surface area contributed by atoms with E-state index in [1.54, 1.807) is 24.3 Å². The van der Waals surface area contributed by atoms with Crippen LogP contribution in [0.25, 0.3) is 0 Å². The van der Waals surface area contributed by atoms with Crippen LogP contribution >= 0.6 is 0 Å². The van der Waals surface area contributed by atoms with Gasteiger partial charge < -0.3 is 5.73 Å². The third-order valence-corrected chi connectivity index (χ3v) is 3.81. The predicted octanol–water partition coefficient (Wildman–Crippen LogP) is 0.250. The van der Waals surface area contributed by atoms with Gasteiger partial charge in [-0.05, 0) is 18.4 Å². The summed E-state index contributed by atoms with van der Waals surface area (Å²) in [5.41, 5.74) is 6.10. The summed E-state index contributed by atoms with van der Waals surface area (Å²) >= 11 is 0. The molecule has 1 aromatic rings. The molecule has 5 N–H and O–H groups in total. The second-order valence-electron chi connectivity index (χ2n) is 4.31. The molecular weight excluding hydrogens is 252 g/mol. The standard InChI is InChI=1S/C11H16N4O2S/c12-11(13)10(8-4-2-1-3-5-8)15-18(16,17)14-9-6-7-9/h1-5,9-10,14-15H,6-7H2,(H3,12,13). The summed E-state index contributed by atoms with van der Waals surface area (Å²) in [4.78, 5) is 0. The molecular formula is C11H16N4O2S. The monoisotopic (exact) mass is 268 g/mol. The number of nitrogens with two attached hydrogens (primary N) is 1. The molecule has 0 spiro atoms. The predicted molar refractivity (Wildman–Crippen MR) is 69.3 cm³/mol. The minimum absolute atomic E-state index is 0.0193. The second kappa shape index (κ2) is 5.05. The Morgan fingerprint density at radius 1 is 1.33 bits per heavy atom. The first-order valence-electron chi connectivity index (χ1n) is 5.66. The lowest BCUT2D eigenvalue weighted by molar-refractivity contribution is 0.561. The minimum atomic E-state index is -3.63. The SMILES string of the molecule is N=C(N)C(NS(=O)(=O)NC1CC1)c1ccccc1. The molecule has 1 aromatic carbocycles. The summed E-state index contributed by atoms with van der Waals surface area (Å²) in [6.45, 7) is 0. The fourth-order valence-corrected chi connectivity index (χ4v) is 2.88. The summed E-state index contributed by atoms with van der Waals surface area (Å²) in [7, 11) is -3.63. The number of amidine groups is 1. The van der Waals surface area contributed by atoms with E-state index < -0.39 is 16.3 Å². The van der Waals surface area contributed by atoms with Crippen LogP contribution in [0.3, 0.4) is 0 Å². The topological polar surface area (TPSA) is 108 Å². The van der Waals surface area contributed by atoms with Gasteiger partial charge in [0, 0.05) is 6.04 Å². The third kappa shape index (κ3) is 3.52. The van der Waals surface area contributed by atoms with Crippen molar-refractivity contribution in [3.05, 3.63) is 35.9 Å². The van der Waals surface area contributed by atoms with Crippen molar-refractivity contribution in [2.45, 2.75) is 24.9 Å². The number of benzene rings is 1. The maximum atomic E-state index is 11.8. The zero-order chi connectivity index (χ0) is 13.2. The van der Waals surface area contributed by atoms with Gasteiger partial charge in [-0.1, -0.05) is 30.3 Å². The summed E-state index contributed by atoms with van der Waals surface area (Å²) in [6.07, 6.45) is 1.72. The molecule has 7 heteroatoms. The number of rotatable bonds is 6. The zero-order valence-corrected chi connectivity index (χ0v) is 10.6. The van der Waals surface area contributed by atoms with Crippen LogP contribution in [-0.2, 0) is 10.2 Å². The van der Waals surface area contributed by atoms with Crippen LogP contribution in [0.1, 0.15) is 24.4 Å². The first kappa shape index (κ1) is 13.0. The first-order chi connectivity index (χ1) is 8.48. The van der Waals surface area contributed by atoms with Crippen LogP contribution in [0, 0.1) is 5.41 Å². The van der Waals surface area contributed by atoms with Gasteiger partial charge in [-0.3, -0.25) is 5.41 Å². The fraction of sp³-hybridized carbons (Fsp3) is 0.364.